The van der Waals surface area contributed by atoms with Crippen LogP contribution in [-0.4, -0.2) is 10.9 Å². The molecule has 0 fully saturated rings. The summed E-state index contributed by atoms with van der Waals surface area (Å²) in [6, 6.07) is 3.32. The Morgan fingerprint density at radius 2 is 2.25 bits per heavy atom. The molecule has 0 aromatic carbocycles. The zero-order valence-corrected chi connectivity index (χ0v) is 6.62. The first kappa shape index (κ1) is 8.74. The van der Waals surface area contributed by atoms with E-state index < -0.39 is 0 Å². The molecule has 1 aromatic heterocycles. The molecule has 0 aliphatic rings. The summed E-state index contributed by atoms with van der Waals surface area (Å²) in [5.41, 5.74) is 0. The predicted octanol–water partition coefficient (Wildman–Crippen LogP) is 1.07. The molecule has 12 heavy (non-hydrogen) atoms. The maximum Gasteiger partial charge on any atom is 0.162 e. The third-order valence-corrected chi connectivity index (χ3v) is 1.45. The van der Waals surface area contributed by atoms with E-state index in [4.69, 9.17) is 9.52 Å². The Morgan fingerprint density at radius 3 is 2.75 bits per heavy atom. The van der Waals surface area contributed by atoms with Crippen molar-refractivity contribution in [2.75, 3.05) is 0 Å². The fourth-order valence-electron chi connectivity index (χ4n) is 0.846. The quantitative estimate of drug-likeness (QED) is 0.680. The Labute approximate surface area is 70.3 Å². The van der Waals surface area contributed by atoms with E-state index in [0.29, 0.717) is 11.5 Å². The first-order valence-electron chi connectivity index (χ1n) is 3.60. The molecule has 1 N–H and O–H groups in total. The van der Waals surface area contributed by atoms with Gasteiger partial charge in [0.2, 0.25) is 0 Å². The number of allylic oxidation sites excluding steroid dienone is 1. The largest absolute Gasteiger partial charge is 0.463 e. The van der Waals surface area contributed by atoms with E-state index in [2.05, 4.69) is 6.58 Å². The van der Waals surface area contributed by atoms with Crippen LogP contribution in [0, 0.1) is 0 Å². The summed E-state index contributed by atoms with van der Waals surface area (Å²) >= 11 is 0. The van der Waals surface area contributed by atoms with Crippen molar-refractivity contribution in [1.29, 1.82) is 0 Å². The van der Waals surface area contributed by atoms with Crippen LogP contribution in [0.2, 0.25) is 0 Å². The Balaban J connectivity index is 2.63. The number of carbonyl (C=O) groups is 1. The number of hydrogen-bond acceptors (Lipinski definition) is 3. The normalized spacial score (nSPS) is 9.75. The molecule has 1 rings (SSSR count). The van der Waals surface area contributed by atoms with Crippen molar-refractivity contribution in [3.05, 3.63) is 36.3 Å². The number of furan rings is 1. The maximum atomic E-state index is 10.8. The molecule has 0 spiro atoms. The summed E-state index contributed by atoms with van der Waals surface area (Å²) in [5.74, 6) is 0.944. The van der Waals surface area contributed by atoms with Crippen molar-refractivity contribution in [2.45, 2.75) is 13.0 Å². The minimum atomic E-state index is -0.137. The highest BCUT2D eigenvalue weighted by Crippen LogP contribution is 2.08. The van der Waals surface area contributed by atoms with E-state index in [-0.39, 0.29) is 18.8 Å². The van der Waals surface area contributed by atoms with Crippen LogP contribution in [0.4, 0.5) is 0 Å². The third-order valence-electron chi connectivity index (χ3n) is 1.45. The fourth-order valence-corrected chi connectivity index (χ4v) is 0.846. The smallest absolute Gasteiger partial charge is 0.162 e. The molecule has 3 heteroatoms. The van der Waals surface area contributed by atoms with Crippen molar-refractivity contribution in [2.24, 2.45) is 0 Å². The van der Waals surface area contributed by atoms with Gasteiger partial charge in [0.05, 0.1) is 6.42 Å². The summed E-state index contributed by atoms with van der Waals surface area (Å²) in [4.78, 5) is 10.8. The molecule has 1 heterocycles. The fraction of sp³-hybridized carbons (Fsp3) is 0.222. The summed E-state index contributed by atoms with van der Waals surface area (Å²) in [7, 11) is 0. The van der Waals surface area contributed by atoms with Crippen LogP contribution < -0.4 is 0 Å². The second-order valence-electron chi connectivity index (χ2n) is 2.37. The molecular formula is C9H10O3. The number of carbonyl (C=O) groups excluding carboxylic acids is 1. The minimum Gasteiger partial charge on any atom is -0.463 e. The number of ketones is 1. The zero-order valence-electron chi connectivity index (χ0n) is 6.62. The number of aliphatic hydroxyl groups excluding tert-OH is 1. The van der Waals surface area contributed by atoms with Crippen molar-refractivity contribution >= 4 is 5.78 Å². The molecule has 0 radical (unpaired) electrons. The van der Waals surface area contributed by atoms with Gasteiger partial charge in [0.15, 0.2) is 5.78 Å². The first-order valence-corrected chi connectivity index (χ1v) is 3.60. The second-order valence-corrected chi connectivity index (χ2v) is 2.37. The molecule has 64 valence electrons. The number of hydrogen-bond donors (Lipinski definition) is 1. The highest BCUT2D eigenvalue weighted by Gasteiger charge is 2.03. The van der Waals surface area contributed by atoms with E-state index in [1.165, 1.54) is 6.08 Å². The maximum absolute atomic E-state index is 10.8. The summed E-state index contributed by atoms with van der Waals surface area (Å²) in [5, 5.41) is 8.64. The molecule has 1 aromatic rings. The van der Waals surface area contributed by atoms with Crippen molar-refractivity contribution < 1.29 is 14.3 Å². The molecule has 0 aliphatic carbocycles. The highest BCUT2D eigenvalue weighted by atomic mass is 16.4. The Morgan fingerprint density at radius 1 is 1.58 bits per heavy atom. The molecule has 0 unspecified atom stereocenters. The van der Waals surface area contributed by atoms with E-state index in [1.54, 1.807) is 12.1 Å². The average molecular weight is 166 g/mol. The van der Waals surface area contributed by atoms with Gasteiger partial charge in [0.25, 0.3) is 0 Å². The van der Waals surface area contributed by atoms with E-state index in [9.17, 15) is 4.79 Å². The number of rotatable bonds is 4. The summed E-state index contributed by atoms with van der Waals surface area (Å²) in [6.45, 7) is 3.21. The van der Waals surface area contributed by atoms with Gasteiger partial charge in [-0.1, -0.05) is 6.58 Å². The Bertz CT molecular complexity index is 286. The van der Waals surface area contributed by atoms with Gasteiger partial charge in [-0.2, -0.15) is 0 Å². The lowest BCUT2D eigenvalue weighted by Crippen LogP contribution is -1.95. The van der Waals surface area contributed by atoms with Crippen LogP contribution in [-0.2, 0) is 17.8 Å². The molecule has 0 saturated carbocycles. The van der Waals surface area contributed by atoms with E-state index in [0.717, 1.165) is 0 Å². The number of aliphatic hydroxyl groups is 1. The van der Waals surface area contributed by atoms with Gasteiger partial charge in [-0.05, 0) is 18.2 Å². The molecule has 0 atom stereocenters. The topological polar surface area (TPSA) is 50.4 Å². The van der Waals surface area contributed by atoms with Crippen LogP contribution in [0.1, 0.15) is 11.5 Å². The molecule has 0 saturated heterocycles. The van der Waals surface area contributed by atoms with Gasteiger partial charge in [0, 0.05) is 0 Å². The van der Waals surface area contributed by atoms with Gasteiger partial charge in [0.1, 0.15) is 18.1 Å². The molecule has 0 bridgehead atoms. The molecular weight excluding hydrogens is 156 g/mol. The van der Waals surface area contributed by atoms with Gasteiger partial charge >= 0.3 is 0 Å². The van der Waals surface area contributed by atoms with Crippen LogP contribution in [0.25, 0.3) is 0 Å². The lowest BCUT2D eigenvalue weighted by Gasteiger charge is -1.90. The van der Waals surface area contributed by atoms with Gasteiger partial charge in [-0.15, -0.1) is 0 Å². The predicted molar refractivity (Wildman–Crippen MR) is 43.5 cm³/mol. The van der Waals surface area contributed by atoms with Crippen LogP contribution in [0.5, 0.6) is 0 Å². The lowest BCUT2D eigenvalue weighted by atomic mass is 10.2. The third kappa shape index (κ3) is 2.07. The first-order chi connectivity index (χ1) is 5.76. The molecule has 0 amide bonds. The Kier molecular flexibility index (Phi) is 2.82. The van der Waals surface area contributed by atoms with Crippen molar-refractivity contribution in [3.63, 3.8) is 0 Å². The van der Waals surface area contributed by atoms with Gasteiger partial charge in [-0.25, -0.2) is 0 Å². The summed E-state index contributed by atoms with van der Waals surface area (Å²) in [6.07, 6.45) is 1.46. The zero-order chi connectivity index (χ0) is 8.97. The van der Waals surface area contributed by atoms with Gasteiger partial charge < -0.3 is 9.52 Å². The van der Waals surface area contributed by atoms with Crippen LogP contribution >= 0.6 is 0 Å². The van der Waals surface area contributed by atoms with Crippen molar-refractivity contribution in [1.82, 2.24) is 0 Å². The van der Waals surface area contributed by atoms with Crippen molar-refractivity contribution in [3.8, 4) is 0 Å². The highest BCUT2D eigenvalue weighted by molar-refractivity contribution is 5.90. The standard InChI is InChI=1S/C9H10O3/c1-2-7(11)5-8-3-4-9(6-10)12-8/h2-4,10H,1,5-6H2. The Hall–Kier alpha value is -1.35. The van der Waals surface area contributed by atoms with E-state index >= 15 is 0 Å². The van der Waals surface area contributed by atoms with Crippen LogP contribution in [0.3, 0.4) is 0 Å². The molecule has 0 aliphatic heterocycles. The average Bonchev–Trinajstić information content (AvgIpc) is 2.52. The lowest BCUT2D eigenvalue weighted by molar-refractivity contribution is -0.114. The summed E-state index contributed by atoms with van der Waals surface area (Å²) < 4.78 is 5.09. The van der Waals surface area contributed by atoms with Crippen LogP contribution in [0.15, 0.2) is 29.2 Å². The SMILES string of the molecule is C=CC(=O)Cc1ccc(CO)o1. The molecule has 3 nitrogen and oxygen atoms in total. The minimum absolute atomic E-state index is 0.0890. The van der Waals surface area contributed by atoms with Gasteiger partial charge in [-0.3, -0.25) is 4.79 Å². The monoisotopic (exact) mass is 166 g/mol. The van der Waals surface area contributed by atoms with E-state index in [1.807, 2.05) is 0 Å². The second kappa shape index (κ2) is 3.88.